The van der Waals surface area contributed by atoms with Gasteiger partial charge in [-0.25, -0.2) is 0 Å². The smallest absolute Gasteiger partial charge is 0.265 e. The Kier molecular flexibility index (Phi) is 1.56. The summed E-state index contributed by atoms with van der Waals surface area (Å²) >= 11 is 0. The second-order valence-electron chi connectivity index (χ2n) is 3.88. The molecule has 3 rings (SSSR count). The van der Waals surface area contributed by atoms with E-state index in [2.05, 4.69) is 5.32 Å². The van der Waals surface area contributed by atoms with Crippen molar-refractivity contribution >= 4 is 11.6 Å². The normalized spacial score (nSPS) is 27.8. The molecule has 0 radical (unpaired) electrons. The third kappa shape index (κ3) is 0.908. The Labute approximate surface area is 87.7 Å². The van der Waals surface area contributed by atoms with Crippen molar-refractivity contribution < 1.29 is 9.53 Å². The van der Waals surface area contributed by atoms with E-state index >= 15 is 0 Å². The fourth-order valence-corrected chi connectivity index (χ4v) is 2.32. The Bertz CT molecular complexity index is 478. The minimum absolute atomic E-state index is 0.0741. The molecule has 0 bridgehead atoms. The minimum atomic E-state index is -0.851. The first-order chi connectivity index (χ1) is 7.25. The maximum Gasteiger partial charge on any atom is 0.265 e. The molecule has 1 amide bonds. The third-order valence-electron chi connectivity index (χ3n) is 3.12. The van der Waals surface area contributed by atoms with Crippen LogP contribution in [0.2, 0.25) is 0 Å². The van der Waals surface area contributed by atoms with Gasteiger partial charge in [-0.05, 0) is 18.6 Å². The molecule has 1 atom stereocenters. The zero-order valence-corrected chi connectivity index (χ0v) is 8.41. The second kappa shape index (κ2) is 2.70. The highest BCUT2D eigenvalue weighted by atomic mass is 16.5. The van der Waals surface area contributed by atoms with Crippen LogP contribution in [0.1, 0.15) is 12.5 Å². The zero-order chi connectivity index (χ0) is 10.5. The van der Waals surface area contributed by atoms with Crippen LogP contribution in [0.4, 0.5) is 5.69 Å². The number of nitrogens with one attached hydrogen (secondary N) is 1. The van der Waals surface area contributed by atoms with Crippen LogP contribution in [0.3, 0.4) is 0 Å². The fraction of sp³-hybridized carbons (Fsp3) is 0.250. The Balaban J connectivity index is 2.26. The van der Waals surface area contributed by atoms with Crippen LogP contribution < -0.4 is 5.32 Å². The number of hydrogen-bond acceptors (Lipinski definition) is 2. The summed E-state index contributed by atoms with van der Waals surface area (Å²) in [7, 11) is 0. The van der Waals surface area contributed by atoms with Gasteiger partial charge in [0.15, 0.2) is 5.60 Å². The number of para-hydroxylation sites is 1. The van der Waals surface area contributed by atoms with Crippen molar-refractivity contribution in [3.63, 3.8) is 0 Å². The summed E-state index contributed by atoms with van der Waals surface area (Å²) in [5, 5.41) is 2.86. The molecule has 2 aliphatic heterocycles. The number of carbonyl (C=O) groups excluding carboxylic acids is 1. The van der Waals surface area contributed by atoms with Crippen LogP contribution in [0.15, 0.2) is 35.9 Å². The Morgan fingerprint density at radius 1 is 1.40 bits per heavy atom. The first-order valence-corrected chi connectivity index (χ1v) is 4.97. The van der Waals surface area contributed by atoms with E-state index in [-0.39, 0.29) is 5.91 Å². The lowest BCUT2D eigenvalue weighted by molar-refractivity contribution is -0.132. The topological polar surface area (TPSA) is 38.3 Å². The predicted molar refractivity (Wildman–Crippen MR) is 56.5 cm³/mol. The van der Waals surface area contributed by atoms with Crippen LogP contribution in [0.5, 0.6) is 0 Å². The number of rotatable bonds is 0. The van der Waals surface area contributed by atoms with Gasteiger partial charge in [-0.3, -0.25) is 4.79 Å². The molecule has 0 saturated carbocycles. The molecular weight excluding hydrogens is 190 g/mol. The molecule has 3 nitrogen and oxygen atoms in total. The van der Waals surface area contributed by atoms with Crippen molar-refractivity contribution in [2.45, 2.75) is 12.5 Å². The maximum absolute atomic E-state index is 12.0. The van der Waals surface area contributed by atoms with E-state index in [0.717, 1.165) is 16.8 Å². The summed E-state index contributed by atoms with van der Waals surface area (Å²) in [5.74, 6) is -0.0741. The van der Waals surface area contributed by atoms with E-state index in [1.165, 1.54) is 0 Å². The lowest BCUT2D eigenvalue weighted by Crippen LogP contribution is -2.35. The van der Waals surface area contributed by atoms with Gasteiger partial charge in [-0.15, -0.1) is 0 Å². The number of carbonyl (C=O) groups is 1. The molecule has 2 heterocycles. The predicted octanol–water partition coefficient (Wildman–Crippen LogP) is 1.81. The van der Waals surface area contributed by atoms with Crippen LogP contribution in [-0.2, 0) is 15.1 Å². The van der Waals surface area contributed by atoms with Gasteiger partial charge in [-0.2, -0.15) is 0 Å². The van der Waals surface area contributed by atoms with Crippen LogP contribution >= 0.6 is 0 Å². The Morgan fingerprint density at radius 3 is 2.93 bits per heavy atom. The quantitative estimate of drug-likeness (QED) is 0.650. The molecule has 0 aliphatic carbocycles. The average Bonchev–Trinajstić information content (AvgIpc) is 2.74. The van der Waals surface area contributed by atoms with E-state index in [1.807, 2.05) is 37.3 Å². The summed E-state index contributed by atoms with van der Waals surface area (Å²) < 4.78 is 5.65. The molecule has 0 aromatic heterocycles. The van der Waals surface area contributed by atoms with E-state index in [0.29, 0.717) is 6.61 Å². The van der Waals surface area contributed by atoms with Gasteiger partial charge in [0.2, 0.25) is 0 Å². The summed E-state index contributed by atoms with van der Waals surface area (Å²) in [6.45, 7) is 2.45. The van der Waals surface area contributed by atoms with Gasteiger partial charge in [0.05, 0.1) is 6.61 Å². The highest BCUT2D eigenvalue weighted by molar-refractivity contribution is 6.07. The SMILES string of the molecule is CC1=CCO[C@@]12C(=O)Nc1ccccc12. The van der Waals surface area contributed by atoms with Gasteiger partial charge in [0, 0.05) is 11.3 Å². The van der Waals surface area contributed by atoms with Gasteiger partial charge in [0.1, 0.15) is 0 Å². The molecule has 1 N–H and O–H groups in total. The molecule has 0 fully saturated rings. The molecule has 2 aliphatic rings. The van der Waals surface area contributed by atoms with Crippen LogP contribution in [-0.4, -0.2) is 12.5 Å². The second-order valence-corrected chi connectivity index (χ2v) is 3.88. The van der Waals surface area contributed by atoms with Crippen molar-refractivity contribution in [3.8, 4) is 0 Å². The lowest BCUT2D eigenvalue weighted by Gasteiger charge is -2.22. The highest BCUT2D eigenvalue weighted by Crippen LogP contribution is 2.45. The van der Waals surface area contributed by atoms with E-state index in [9.17, 15) is 4.79 Å². The third-order valence-corrected chi connectivity index (χ3v) is 3.12. The number of ether oxygens (including phenoxy) is 1. The van der Waals surface area contributed by atoms with Crippen molar-refractivity contribution in [2.75, 3.05) is 11.9 Å². The monoisotopic (exact) mass is 201 g/mol. The Morgan fingerprint density at radius 2 is 2.20 bits per heavy atom. The van der Waals surface area contributed by atoms with E-state index < -0.39 is 5.60 Å². The molecule has 15 heavy (non-hydrogen) atoms. The molecule has 0 unspecified atom stereocenters. The number of benzene rings is 1. The van der Waals surface area contributed by atoms with Gasteiger partial charge in [-0.1, -0.05) is 24.3 Å². The fourth-order valence-electron chi connectivity index (χ4n) is 2.32. The van der Waals surface area contributed by atoms with Crippen molar-refractivity contribution in [1.29, 1.82) is 0 Å². The standard InChI is InChI=1S/C12H11NO2/c1-8-6-7-15-12(8)9-4-2-3-5-10(9)13-11(12)14/h2-6H,7H2,1H3,(H,13,14)/t12-/m0/s1. The zero-order valence-electron chi connectivity index (χ0n) is 8.41. The van der Waals surface area contributed by atoms with E-state index in [4.69, 9.17) is 4.74 Å². The van der Waals surface area contributed by atoms with Crippen molar-refractivity contribution in [2.24, 2.45) is 0 Å². The molecule has 1 aromatic rings. The van der Waals surface area contributed by atoms with E-state index in [1.54, 1.807) is 0 Å². The summed E-state index contributed by atoms with van der Waals surface area (Å²) in [4.78, 5) is 12.0. The van der Waals surface area contributed by atoms with Crippen LogP contribution in [0, 0.1) is 0 Å². The average molecular weight is 201 g/mol. The summed E-state index contributed by atoms with van der Waals surface area (Å²) in [6.07, 6.45) is 1.96. The summed E-state index contributed by atoms with van der Waals surface area (Å²) in [5.41, 5.74) is 1.92. The Hall–Kier alpha value is -1.61. The first-order valence-electron chi connectivity index (χ1n) is 4.97. The highest BCUT2D eigenvalue weighted by Gasteiger charge is 2.51. The van der Waals surface area contributed by atoms with Gasteiger partial charge in [0.25, 0.3) is 5.91 Å². The molecule has 1 spiro atoms. The largest absolute Gasteiger partial charge is 0.352 e. The maximum atomic E-state index is 12.0. The number of anilines is 1. The molecule has 76 valence electrons. The van der Waals surface area contributed by atoms with Gasteiger partial charge >= 0.3 is 0 Å². The summed E-state index contributed by atoms with van der Waals surface area (Å²) in [6, 6.07) is 7.68. The molecule has 3 heteroatoms. The number of fused-ring (bicyclic) bond motifs is 2. The van der Waals surface area contributed by atoms with Crippen LogP contribution in [0.25, 0.3) is 0 Å². The van der Waals surface area contributed by atoms with Crippen molar-refractivity contribution in [3.05, 3.63) is 41.5 Å². The number of hydrogen-bond donors (Lipinski definition) is 1. The van der Waals surface area contributed by atoms with Gasteiger partial charge < -0.3 is 10.1 Å². The first kappa shape index (κ1) is 8.68. The minimum Gasteiger partial charge on any atom is -0.352 e. The van der Waals surface area contributed by atoms with Crippen molar-refractivity contribution in [1.82, 2.24) is 0 Å². The molecular formula is C12H11NO2. The molecule has 0 saturated heterocycles. The molecule has 1 aromatic carbocycles. The number of amides is 1. The lowest BCUT2D eigenvalue weighted by atomic mass is 9.89.